The SMILES string of the molecule is CCS(=O)(=O)c1ccc(CNC(=O)c2nn(C(C)(C)C)c(Oc3cncc(NC(C)(C)C)c3C(F)(F)F)c2C)nc1. The molecule has 1 amide bonds. The smallest absolute Gasteiger partial charge is 0.422 e. The van der Waals surface area contributed by atoms with Crippen molar-refractivity contribution in [2.75, 3.05) is 11.1 Å². The Morgan fingerprint density at radius 1 is 1.05 bits per heavy atom. The van der Waals surface area contributed by atoms with Gasteiger partial charge in [-0.3, -0.25) is 14.8 Å². The van der Waals surface area contributed by atoms with Crippen molar-refractivity contribution in [2.45, 2.75) is 84.1 Å². The summed E-state index contributed by atoms with van der Waals surface area (Å²) in [6.45, 7) is 13.5. The lowest BCUT2D eigenvalue weighted by atomic mass is 10.1. The molecule has 10 nitrogen and oxygen atoms in total. The largest absolute Gasteiger partial charge is 0.437 e. The third-order valence-electron chi connectivity index (χ3n) is 5.80. The van der Waals surface area contributed by atoms with Gasteiger partial charge in [0.15, 0.2) is 21.3 Å². The number of pyridine rings is 2. The van der Waals surface area contributed by atoms with Crippen LogP contribution in [0.4, 0.5) is 18.9 Å². The van der Waals surface area contributed by atoms with Gasteiger partial charge in [0.05, 0.1) is 46.5 Å². The van der Waals surface area contributed by atoms with E-state index >= 15 is 0 Å². The van der Waals surface area contributed by atoms with Crippen LogP contribution in [-0.2, 0) is 28.1 Å². The molecule has 0 bridgehead atoms. The van der Waals surface area contributed by atoms with Crippen molar-refractivity contribution in [3.05, 3.63) is 53.2 Å². The number of carbonyl (C=O) groups excluding carboxylic acids is 1. The van der Waals surface area contributed by atoms with Gasteiger partial charge in [0.2, 0.25) is 5.88 Å². The van der Waals surface area contributed by atoms with Crippen molar-refractivity contribution in [2.24, 2.45) is 0 Å². The van der Waals surface area contributed by atoms with Crippen LogP contribution in [-0.4, -0.2) is 45.4 Å². The molecular weight excluding hydrogens is 561 g/mol. The maximum absolute atomic E-state index is 14.3. The van der Waals surface area contributed by atoms with Crippen LogP contribution in [0.5, 0.6) is 11.6 Å². The molecule has 0 unspecified atom stereocenters. The molecule has 0 fully saturated rings. The Labute approximate surface area is 237 Å². The van der Waals surface area contributed by atoms with Gasteiger partial charge in [-0.25, -0.2) is 13.1 Å². The van der Waals surface area contributed by atoms with E-state index in [0.29, 0.717) is 5.69 Å². The quantitative estimate of drug-likeness (QED) is 0.350. The number of halogens is 3. The fourth-order valence-corrected chi connectivity index (χ4v) is 4.63. The zero-order valence-corrected chi connectivity index (χ0v) is 25.1. The fourth-order valence-electron chi connectivity index (χ4n) is 3.81. The number of anilines is 1. The van der Waals surface area contributed by atoms with Crippen LogP contribution in [0.2, 0.25) is 0 Å². The maximum Gasteiger partial charge on any atom is 0.422 e. The van der Waals surface area contributed by atoms with E-state index in [-0.39, 0.29) is 40.0 Å². The summed E-state index contributed by atoms with van der Waals surface area (Å²) in [5.74, 6) is -1.27. The molecule has 0 spiro atoms. The third kappa shape index (κ3) is 7.54. The molecule has 0 saturated carbocycles. The van der Waals surface area contributed by atoms with E-state index in [9.17, 15) is 26.4 Å². The van der Waals surface area contributed by atoms with Crippen molar-refractivity contribution in [3.63, 3.8) is 0 Å². The number of alkyl halides is 3. The van der Waals surface area contributed by atoms with Gasteiger partial charge in [-0.15, -0.1) is 0 Å². The lowest BCUT2D eigenvalue weighted by molar-refractivity contribution is -0.138. The lowest BCUT2D eigenvalue weighted by Crippen LogP contribution is -2.28. The minimum atomic E-state index is -4.77. The minimum Gasteiger partial charge on any atom is -0.437 e. The summed E-state index contributed by atoms with van der Waals surface area (Å²) in [6.07, 6.45) is -1.48. The molecule has 2 N–H and O–H groups in total. The van der Waals surface area contributed by atoms with Crippen LogP contribution in [0.1, 0.15) is 75.8 Å². The minimum absolute atomic E-state index is 0.0358. The van der Waals surface area contributed by atoms with Crippen molar-refractivity contribution < 1.29 is 31.1 Å². The summed E-state index contributed by atoms with van der Waals surface area (Å²) >= 11 is 0. The highest BCUT2D eigenvalue weighted by Gasteiger charge is 2.40. The Balaban J connectivity index is 1.97. The molecule has 41 heavy (non-hydrogen) atoms. The number of rotatable bonds is 8. The first-order chi connectivity index (χ1) is 18.7. The maximum atomic E-state index is 14.3. The summed E-state index contributed by atoms with van der Waals surface area (Å²) in [7, 11) is -3.42. The van der Waals surface area contributed by atoms with E-state index in [1.165, 1.54) is 36.9 Å². The monoisotopic (exact) mass is 596 g/mol. The van der Waals surface area contributed by atoms with Gasteiger partial charge in [0.1, 0.15) is 5.56 Å². The highest BCUT2D eigenvalue weighted by atomic mass is 32.2. The van der Waals surface area contributed by atoms with Gasteiger partial charge >= 0.3 is 6.18 Å². The Morgan fingerprint density at radius 3 is 2.22 bits per heavy atom. The molecule has 0 saturated heterocycles. The second kappa shape index (κ2) is 11.3. The average molecular weight is 597 g/mol. The van der Waals surface area contributed by atoms with Crippen molar-refractivity contribution in [3.8, 4) is 11.6 Å². The first kappa shape index (κ1) is 31.8. The Hall–Kier alpha value is -3.68. The molecule has 0 aliphatic carbocycles. The van der Waals surface area contributed by atoms with E-state index in [2.05, 4.69) is 25.7 Å². The number of aromatic nitrogens is 4. The molecule has 3 aromatic heterocycles. The molecule has 3 aromatic rings. The van der Waals surface area contributed by atoms with Crippen LogP contribution in [0, 0.1) is 6.92 Å². The van der Waals surface area contributed by atoms with Crippen LogP contribution >= 0.6 is 0 Å². The second-order valence-electron chi connectivity index (χ2n) is 11.5. The molecule has 0 radical (unpaired) electrons. The molecule has 3 rings (SSSR count). The third-order valence-corrected chi connectivity index (χ3v) is 7.52. The Bertz CT molecular complexity index is 1520. The molecule has 3 heterocycles. The van der Waals surface area contributed by atoms with Gasteiger partial charge in [-0.1, -0.05) is 6.92 Å². The molecule has 0 aliphatic heterocycles. The number of ether oxygens (including phenoxy) is 1. The van der Waals surface area contributed by atoms with Crippen molar-refractivity contribution >= 4 is 21.4 Å². The zero-order valence-electron chi connectivity index (χ0n) is 24.3. The number of hydrogen-bond donors (Lipinski definition) is 2. The second-order valence-corrected chi connectivity index (χ2v) is 13.7. The first-order valence-corrected chi connectivity index (χ1v) is 14.5. The van der Waals surface area contributed by atoms with E-state index in [1.54, 1.807) is 41.5 Å². The summed E-state index contributed by atoms with van der Waals surface area (Å²) < 4.78 is 74.0. The summed E-state index contributed by atoms with van der Waals surface area (Å²) in [5, 5.41) is 9.88. The predicted octanol–water partition coefficient (Wildman–Crippen LogP) is 5.48. The molecule has 14 heteroatoms. The van der Waals surface area contributed by atoms with Crippen molar-refractivity contribution in [1.82, 2.24) is 25.1 Å². The Kier molecular flexibility index (Phi) is 8.78. The molecule has 224 valence electrons. The van der Waals surface area contributed by atoms with Gasteiger partial charge in [0, 0.05) is 17.3 Å². The number of amides is 1. The van der Waals surface area contributed by atoms with Gasteiger partial charge in [0.25, 0.3) is 5.91 Å². The summed E-state index contributed by atoms with van der Waals surface area (Å²) in [5.41, 5.74) is -2.16. The van der Waals surface area contributed by atoms with Crippen molar-refractivity contribution in [1.29, 1.82) is 0 Å². The number of sulfone groups is 1. The highest BCUT2D eigenvalue weighted by Crippen LogP contribution is 2.44. The normalized spacial score (nSPS) is 12.8. The molecule has 0 atom stereocenters. The van der Waals surface area contributed by atoms with Crippen LogP contribution in [0.25, 0.3) is 0 Å². The summed E-state index contributed by atoms with van der Waals surface area (Å²) in [4.78, 5) is 21.3. The van der Waals surface area contributed by atoms with E-state index in [4.69, 9.17) is 4.74 Å². The van der Waals surface area contributed by atoms with Crippen LogP contribution in [0.15, 0.2) is 35.6 Å². The molecular formula is C27H35F3N6O4S. The van der Waals surface area contributed by atoms with Gasteiger partial charge in [-0.05, 0) is 60.6 Å². The topological polar surface area (TPSA) is 128 Å². The number of hydrogen-bond acceptors (Lipinski definition) is 8. The number of nitrogens with one attached hydrogen (secondary N) is 2. The van der Waals surface area contributed by atoms with E-state index in [0.717, 1.165) is 12.4 Å². The molecule has 0 aromatic carbocycles. The molecule has 0 aliphatic rings. The van der Waals surface area contributed by atoms with Crippen LogP contribution < -0.4 is 15.4 Å². The standard InChI is InChI=1S/C27H35F3N6O4S/c1-9-41(38,39)18-11-10-17(32-13-18)12-33-23(37)22-16(2)24(36(35-22)26(6,7)8)40-20-15-31-14-19(34-25(3,4)5)21(20)27(28,29)30/h10-11,13-15,34H,9,12H2,1-8H3,(H,33,37). The Morgan fingerprint density at radius 2 is 1.71 bits per heavy atom. The van der Waals surface area contributed by atoms with Gasteiger partial charge < -0.3 is 15.4 Å². The van der Waals surface area contributed by atoms with Crippen LogP contribution in [0.3, 0.4) is 0 Å². The lowest BCUT2D eigenvalue weighted by Gasteiger charge is -2.26. The number of nitrogens with zero attached hydrogens (tertiary/aromatic N) is 4. The highest BCUT2D eigenvalue weighted by molar-refractivity contribution is 7.91. The zero-order chi connectivity index (χ0) is 31.0. The number of carbonyl (C=O) groups is 1. The fraction of sp³-hybridized carbons (Fsp3) is 0.481. The van der Waals surface area contributed by atoms with Gasteiger partial charge in [-0.2, -0.15) is 18.3 Å². The predicted molar refractivity (Wildman–Crippen MR) is 148 cm³/mol. The summed E-state index contributed by atoms with van der Waals surface area (Å²) in [6, 6.07) is 2.90. The van der Waals surface area contributed by atoms with E-state index in [1.807, 2.05) is 0 Å². The average Bonchev–Trinajstić information content (AvgIpc) is 3.17. The van der Waals surface area contributed by atoms with E-state index < -0.39 is 44.3 Å². The first-order valence-electron chi connectivity index (χ1n) is 12.8.